The first kappa shape index (κ1) is 16.6. The van der Waals surface area contributed by atoms with Gasteiger partial charge < -0.3 is 10.3 Å². The van der Waals surface area contributed by atoms with Crippen molar-refractivity contribution in [2.75, 3.05) is 5.32 Å². The number of anilines is 1. The molecule has 0 bridgehead atoms. The van der Waals surface area contributed by atoms with E-state index in [1.165, 1.54) is 0 Å². The van der Waals surface area contributed by atoms with Gasteiger partial charge in [0.2, 0.25) is 5.91 Å². The molecule has 0 saturated heterocycles. The van der Waals surface area contributed by atoms with Crippen molar-refractivity contribution in [3.8, 4) is 0 Å². The summed E-state index contributed by atoms with van der Waals surface area (Å²) in [5.74, 6) is 0.570. The highest BCUT2D eigenvalue weighted by molar-refractivity contribution is 14.1. The number of hydrogen-bond acceptors (Lipinski definition) is 3. The second-order valence-corrected chi connectivity index (χ2v) is 6.68. The van der Waals surface area contributed by atoms with Gasteiger partial charge in [-0.25, -0.2) is 4.98 Å². The predicted octanol–water partition coefficient (Wildman–Crippen LogP) is 3.49. The molecular formula is C18H16IN3O2. The Bertz CT molecular complexity index is 919. The zero-order valence-corrected chi connectivity index (χ0v) is 15.0. The van der Waals surface area contributed by atoms with E-state index in [0.717, 1.165) is 9.26 Å². The van der Waals surface area contributed by atoms with E-state index in [1.807, 2.05) is 42.5 Å². The Morgan fingerprint density at radius 3 is 2.67 bits per heavy atom. The van der Waals surface area contributed by atoms with E-state index in [1.54, 1.807) is 6.07 Å². The van der Waals surface area contributed by atoms with Crippen LogP contribution in [0.1, 0.15) is 18.7 Å². The predicted molar refractivity (Wildman–Crippen MR) is 103 cm³/mol. The van der Waals surface area contributed by atoms with Crippen LogP contribution in [0.4, 0.5) is 5.69 Å². The van der Waals surface area contributed by atoms with Gasteiger partial charge in [-0.1, -0.05) is 12.1 Å². The summed E-state index contributed by atoms with van der Waals surface area (Å²) >= 11 is 2.22. The third-order valence-electron chi connectivity index (χ3n) is 3.61. The number of amides is 1. The summed E-state index contributed by atoms with van der Waals surface area (Å²) < 4.78 is 1.12. The quantitative estimate of drug-likeness (QED) is 0.605. The van der Waals surface area contributed by atoms with Gasteiger partial charge in [0.05, 0.1) is 10.9 Å². The molecule has 1 heterocycles. The molecule has 0 unspecified atom stereocenters. The number of hydrogen-bond donors (Lipinski definition) is 2. The fourth-order valence-corrected chi connectivity index (χ4v) is 2.79. The number of nitrogens with zero attached hydrogens (tertiary/aromatic N) is 1. The molecule has 122 valence electrons. The zero-order valence-electron chi connectivity index (χ0n) is 12.9. The SMILES string of the molecule is O=C(CCCc1nc2ccccc2c(=O)[nH]1)Nc1ccc(I)cc1. The number of carbonyl (C=O) groups is 1. The second-order valence-electron chi connectivity index (χ2n) is 5.44. The Morgan fingerprint density at radius 2 is 1.88 bits per heavy atom. The first-order valence-corrected chi connectivity index (χ1v) is 8.73. The maximum Gasteiger partial charge on any atom is 0.258 e. The Balaban J connectivity index is 1.57. The first-order valence-electron chi connectivity index (χ1n) is 7.65. The number of rotatable bonds is 5. The third-order valence-corrected chi connectivity index (χ3v) is 4.33. The number of H-pyrrole nitrogens is 1. The van der Waals surface area contributed by atoms with E-state index in [9.17, 15) is 9.59 Å². The van der Waals surface area contributed by atoms with Crippen molar-refractivity contribution in [3.63, 3.8) is 0 Å². The van der Waals surface area contributed by atoms with E-state index in [2.05, 4.69) is 37.9 Å². The van der Waals surface area contributed by atoms with Crippen molar-refractivity contribution in [1.29, 1.82) is 0 Å². The number of fused-ring (bicyclic) bond motifs is 1. The van der Waals surface area contributed by atoms with Crippen LogP contribution in [0.2, 0.25) is 0 Å². The molecule has 24 heavy (non-hydrogen) atoms. The van der Waals surface area contributed by atoms with Crippen LogP contribution in [0.5, 0.6) is 0 Å². The molecule has 3 aromatic rings. The van der Waals surface area contributed by atoms with Gasteiger partial charge in [0.15, 0.2) is 0 Å². The molecule has 0 aliphatic heterocycles. The summed E-state index contributed by atoms with van der Waals surface area (Å²) in [6.45, 7) is 0. The summed E-state index contributed by atoms with van der Waals surface area (Å²) in [6, 6.07) is 14.9. The van der Waals surface area contributed by atoms with Crippen LogP contribution < -0.4 is 10.9 Å². The number of carbonyl (C=O) groups excluding carboxylic acids is 1. The third kappa shape index (κ3) is 4.19. The highest BCUT2D eigenvalue weighted by Gasteiger charge is 2.06. The summed E-state index contributed by atoms with van der Waals surface area (Å²) in [7, 11) is 0. The lowest BCUT2D eigenvalue weighted by Crippen LogP contribution is -2.14. The number of halogens is 1. The van der Waals surface area contributed by atoms with Crippen LogP contribution in [0.25, 0.3) is 10.9 Å². The van der Waals surface area contributed by atoms with Crippen molar-refractivity contribution in [3.05, 3.63) is 68.3 Å². The van der Waals surface area contributed by atoms with Gasteiger partial charge in [-0.3, -0.25) is 9.59 Å². The molecule has 0 saturated carbocycles. The topological polar surface area (TPSA) is 74.8 Å². The average Bonchev–Trinajstić information content (AvgIpc) is 2.57. The van der Waals surface area contributed by atoms with Crippen molar-refractivity contribution in [2.45, 2.75) is 19.3 Å². The largest absolute Gasteiger partial charge is 0.326 e. The van der Waals surface area contributed by atoms with E-state index < -0.39 is 0 Å². The van der Waals surface area contributed by atoms with Gasteiger partial charge in [0.25, 0.3) is 5.56 Å². The minimum absolute atomic E-state index is 0.0423. The summed E-state index contributed by atoms with van der Waals surface area (Å²) in [4.78, 5) is 31.2. The van der Waals surface area contributed by atoms with Crippen molar-refractivity contribution < 1.29 is 4.79 Å². The second kappa shape index (κ2) is 7.57. The highest BCUT2D eigenvalue weighted by Crippen LogP contribution is 2.12. The Morgan fingerprint density at radius 1 is 1.12 bits per heavy atom. The van der Waals surface area contributed by atoms with Crippen LogP contribution in [-0.4, -0.2) is 15.9 Å². The molecular weight excluding hydrogens is 417 g/mol. The zero-order chi connectivity index (χ0) is 16.9. The summed E-state index contributed by atoms with van der Waals surface area (Å²) in [5.41, 5.74) is 1.33. The van der Waals surface area contributed by atoms with Gasteiger partial charge in [0.1, 0.15) is 5.82 Å². The molecule has 0 radical (unpaired) electrons. The molecule has 0 atom stereocenters. The lowest BCUT2D eigenvalue weighted by molar-refractivity contribution is -0.116. The van der Waals surface area contributed by atoms with E-state index in [4.69, 9.17) is 0 Å². The molecule has 1 aromatic heterocycles. The Labute approximate surface area is 152 Å². The number of nitrogens with one attached hydrogen (secondary N) is 2. The highest BCUT2D eigenvalue weighted by atomic mass is 127. The van der Waals surface area contributed by atoms with Gasteiger partial charge in [0, 0.05) is 22.1 Å². The number of para-hydroxylation sites is 1. The molecule has 0 aliphatic carbocycles. The van der Waals surface area contributed by atoms with E-state index in [0.29, 0.717) is 36.0 Å². The fraction of sp³-hybridized carbons (Fsp3) is 0.167. The normalized spacial score (nSPS) is 10.7. The van der Waals surface area contributed by atoms with Crippen molar-refractivity contribution in [1.82, 2.24) is 9.97 Å². The maximum atomic E-state index is 12.0. The van der Waals surface area contributed by atoms with Crippen LogP contribution >= 0.6 is 22.6 Å². The number of aryl methyl sites for hydroxylation is 1. The standard InChI is InChI=1S/C18H16IN3O2/c19-12-8-10-13(11-9-12)20-17(23)7-3-6-16-21-15-5-2-1-4-14(15)18(24)22-16/h1-2,4-5,8-11H,3,6-7H2,(H,20,23)(H,21,22,24). The lowest BCUT2D eigenvalue weighted by atomic mass is 10.2. The molecule has 1 amide bonds. The smallest absolute Gasteiger partial charge is 0.258 e. The molecule has 2 N–H and O–H groups in total. The molecule has 0 fully saturated rings. The Kier molecular flexibility index (Phi) is 5.24. The van der Waals surface area contributed by atoms with Gasteiger partial charge in [-0.05, 0) is 65.4 Å². The summed E-state index contributed by atoms with van der Waals surface area (Å²) in [6.07, 6.45) is 1.56. The lowest BCUT2D eigenvalue weighted by Gasteiger charge is -2.06. The maximum absolute atomic E-state index is 12.0. The molecule has 0 spiro atoms. The van der Waals surface area contributed by atoms with Gasteiger partial charge >= 0.3 is 0 Å². The molecule has 3 rings (SSSR count). The average molecular weight is 433 g/mol. The molecule has 5 nitrogen and oxygen atoms in total. The van der Waals surface area contributed by atoms with Crippen molar-refractivity contribution in [2.24, 2.45) is 0 Å². The van der Waals surface area contributed by atoms with Crippen LogP contribution in [0, 0.1) is 3.57 Å². The van der Waals surface area contributed by atoms with Gasteiger partial charge in [-0.2, -0.15) is 0 Å². The Hall–Kier alpha value is -2.22. The van der Waals surface area contributed by atoms with Crippen LogP contribution in [0.15, 0.2) is 53.3 Å². The first-order chi connectivity index (χ1) is 11.6. The monoisotopic (exact) mass is 433 g/mol. The molecule has 0 aliphatic rings. The van der Waals surface area contributed by atoms with Crippen LogP contribution in [-0.2, 0) is 11.2 Å². The van der Waals surface area contributed by atoms with Gasteiger partial charge in [-0.15, -0.1) is 0 Å². The number of benzene rings is 2. The fourth-order valence-electron chi connectivity index (χ4n) is 2.43. The molecule has 6 heteroatoms. The number of aromatic amines is 1. The number of aromatic nitrogens is 2. The van der Waals surface area contributed by atoms with E-state index in [-0.39, 0.29) is 11.5 Å². The molecule has 2 aromatic carbocycles. The van der Waals surface area contributed by atoms with Crippen LogP contribution in [0.3, 0.4) is 0 Å². The minimum Gasteiger partial charge on any atom is -0.326 e. The minimum atomic E-state index is -0.140. The van der Waals surface area contributed by atoms with E-state index >= 15 is 0 Å². The summed E-state index contributed by atoms with van der Waals surface area (Å²) in [5, 5.41) is 3.44. The van der Waals surface area contributed by atoms with Crippen molar-refractivity contribution >= 4 is 45.1 Å².